The quantitative estimate of drug-likeness (QED) is 0.619. The van der Waals surface area contributed by atoms with Crippen LogP contribution in [-0.2, 0) is 29.2 Å². The van der Waals surface area contributed by atoms with Crippen LogP contribution in [0.2, 0.25) is 0 Å². The van der Waals surface area contributed by atoms with Crippen LogP contribution in [0.4, 0.5) is 18.9 Å². The molecule has 29 heavy (non-hydrogen) atoms. The molecule has 1 aromatic carbocycles. The van der Waals surface area contributed by atoms with Gasteiger partial charge in [0.2, 0.25) is 0 Å². The normalized spacial score (nSPS) is 11.3. The van der Waals surface area contributed by atoms with E-state index in [9.17, 15) is 22.8 Å². The van der Waals surface area contributed by atoms with Crippen LogP contribution < -0.4 is 10.6 Å². The lowest BCUT2D eigenvalue weighted by molar-refractivity contribution is -0.137. The van der Waals surface area contributed by atoms with E-state index in [1.165, 1.54) is 6.07 Å². The Balaban J connectivity index is 1.50. The summed E-state index contributed by atoms with van der Waals surface area (Å²) in [4.78, 5) is 25.9. The molecule has 0 aliphatic rings. The van der Waals surface area contributed by atoms with E-state index in [4.69, 9.17) is 0 Å². The van der Waals surface area contributed by atoms with Crippen molar-refractivity contribution < 1.29 is 22.8 Å². The molecule has 0 aliphatic carbocycles. The largest absolute Gasteiger partial charge is 0.416 e. The highest BCUT2D eigenvalue weighted by Gasteiger charge is 2.30. The molecule has 2 heterocycles. The Labute approximate surface area is 168 Å². The van der Waals surface area contributed by atoms with Crippen LogP contribution in [0.5, 0.6) is 0 Å². The first-order valence-electron chi connectivity index (χ1n) is 8.56. The second-order valence-electron chi connectivity index (χ2n) is 6.21. The number of carbonyl (C=O) groups excluding carboxylic acids is 2. The molecule has 0 fully saturated rings. The Morgan fingerprint density at radius 1 is 1.17 bits per heavy atom. The maximum atomic E-state index is 12.7. The SMILES string of the molecule is Cn1cc(-c2ccc(CCNC(=O)C(=O)Nc3cccc(C(F)(F)F)c3)s2)cn1. The summed E-state index contributed by atoms with van der Waals surface area (Å²) in [6.45, 7) is 0.224. The van der Waals surface area contributed by atoms with Gasteiger partial charge in [0.05, 0.1) is 11.8 Å². The Bertz CT molecular complexity index is 1030. The number of nitrogens with one attached hydrogen (secondary N) is 2. The van der Waals surface area contributed by atoms with Gasteiger partial charge in [0.25, 0.3) is 0 Å². The maximum Gasteiger partial charge on any atom is 0.416 e. The molecule has 10 heteroatoms. The van der Waals surface area contributed by atoms with Gasteiger partial charge in [-0.3, -0.25) is 14.3 Å². The first kappa shape index (κ1) is 20.6. The lowest BCUT2D eigenvalue weighted by atomic mass is 10.2. The van der Waals surface area contributed by atoms with E-state index in [0.29, 0.717) is 6.42 Å². The third kappa shape index (κ3) is 5.44. The summed E-state index contributed by atoms with van der Waals surface area (Å²) in [5.74, 6) is -1.93. The molecule has 152 valence electrons. The van der Waals surface area contributed by atoms with E-state index in [1.807, 2.05) is 25.4 Å². The molecule has 0 saturated heterocycles. The van der Waals surface area contributed by atoms with Crippen LogP contribution in [0.1, 0.15) is 10.4 Å². The lowest BCUT2D eigenvalue weighted by Crippen LogP contribution is -2.36. The van der Waals surface area contributed by atoms with Gasteiger partial charge < -0.3 is 10.6 Å². The fourth-order valence-electron chi connectivity index (χ4n) is 2.56. The minimum absolute atomic E-state index is 0.0978. The standard InChI is InChI=1S/C19H17F3N4O2S/c1-26-11-12(10-24-26)16-6-5-15(29-16)7-8-23-17(27)18(28)25-14-4-2-3-13(9-14)19(20,21)22/h2-6,9-11H,7-8H2,1H3,(H,23,27)(H,25,28). The van der Waals surface area contributed by atoms with E-state index in [2.05, 4.69) is 15.7 Å². The molecule has 0 bridgehead atoms. The molecule has 3 aromatic rings. The average molecular weight is 422 g/mol. The third-order valence-electron chi connectivity index (χ3n) is 3.96. The number of thiophene rings is 1. The van der Waals surface area contributed by atoms with Gasteiger partial charge in [0.1, 0.15) is 0 Å². The molecule has 2 amide bonds. The van der Waals surface area contributed by atoms with Crippen molar-refractivity contribution >= 4 is 28.8 Å². The summed E-state index contributed by atoms with van der Waals surface area (Å²) >= 11 is 1.55. The van der Waals surface area contributed by atoms with E-state index >= 15 is 0 Å². The number of carbonyl (C=O) groups is 2. The summed E-state index contributed by atoms with van der Waals surface area (Å²) in [6, 6.07) is 7.99. The van der Waals surface area contributed by atoms with Gasteiger partial charge in [-0.15, -0.1) is 11.3 Å². The van der Waals surface area contributed by atoms with Crippen LogP contribution in [0.3, 0.4) is 0 Å². The molecule has 6 nitrogen and oxygen atoms in total. The molecule has 0 aliphatic heterocycles. The van der Waals surface area contributed by atoms with Crippen molar-refractivity contribution in [2.24, 2.45) is 7.05 Å². The molecule has 2 aromatic heterocycles. The minimum atomic E-state index is -4.53. The van der Waals surface area contributed by atoms with Crippen molar-refractivity contribution in [3.05, 3.63) is 59.2 Å². The van der Waals surface area contributed by atoms with Gasteiger partial charge in [-0.2, -0.15) is 18.3 Å². The van der Waals surface area contributed by atoms with Crippen LogP contribution in [-0.4, -0.2) is 28.1 Å². The number of anilines is 1. The predicted octanol–water partition coefficient (Wildman–Crippen LogP) is 3.46. The number of aromatic nitrogens is 2. The topological polar surface area (TPSA) is 76.0 Å². The molecular weight excluding hydrogens is 405 g/mol. The second kappa shape index (κ2) is 8.48. The van der Waals surface area contributed by atoms with Crippen molar-refractivity contribution in [3.63, 3.8) is 0 Å². The van der Waals surface area contributed by atoms with E-state index in [1.54, 1.807) is 22.2 Å². The van der Waals surface area contributed by atoms with Gasteiger partial charge in [0.15, 0.2) is 0 Å². The number of hydrogen-bond donors (Lipinski definition) is 2. The summed E-state index contributed by atoms with van der Waals surface area (Å²) in [5, 5.41) is 8.76. The van der Waals surface area contributed by atoms with Crippen molar-refractivity contribution in [3.8, 4) is 10.4 Å². The zero-order valence-corrected chi connectivity index (χ0v) is 16.1. The Hall–Kier alpha value is -3.14. The number of benzene rings is 1. The number of halogens is 3. The summed E-state index contributed by atoms with van der Waals surface area (Å²) in [6.07, 6.45) is -0.350. The number of amides is 2. The third-order valence-corrected chi connectivity index (χ3v) is 5.16. The number of hydrogen-bond acceptors (Lipinski definition) is 4. The first-order chi connectivity index (χ1) is 13.7. The zero-order valence-electron chi connectivity index (χ0n) is 15.3. The fourth-order valence-corrected chi connectivity index (χ4v) is 3.54. The van der Waals surface area contributed by atoms with Crippen molar-refractivity contribution in [2.75, 3.05) is 11.9 Å². The lowest BCUT2D eigenvalue weighted by Gasteiger charge is -2.10. The highest BCUT2D eigenvalue weighted by atomic mass is 32.1. The smallest absolute Gasteiger partial charge is 0.347 e. The summed E-state index contributed by atoms with van der Waals surface area (Å²) in [7, 11) is 1.83. The fraction of sp³-hybridized carbons (Fsp3) is 0.211. The summed E-state index contributed by atoms with van der Waals surface area (Å²) < 4.78 is 39.8. The Morgan fingerprint density at radius 3 is 2.66 bits per heavy atom. The number of rotatable bonds is 5. The predicted molar refractivity (Wildman–Crippen MR) is 103 cm³/mol. The molecule has 2 N–H and O–H groups in total. The highest BCUT2D eigenvalue weighted by molar-refractivity contribution is 7.15. The first-order valence-corrected chi connectivity index (χ1v) is 9.38. The van der Waals surface area contributed by atoms with Gasteiger partial charge in [-0.25, -0.2) is 0 Å². The molecule has 0 saturated carbocycles. The van der Waals surface area contributed by atoms with Gasteiger partial charge in [-0.05, 0) is 36.8 Å². The van der Waals surface area contributed by atoms with E-state index < -0.39 is 23.6 Å². The monoisotopic (exact) mass is 422 g/mol. The Morgan fingerprint density at radius 2 is 1.97 bits per heavy atom. The Kier molecular flexibility index (Phi) is 6.02. The number of aryl methyl sites for hydroxylation is 1. The zero-order chi connectivity index (χ0) is 21.0. The second-order valence-corrected chi connectivity index (χ2v) is 7.38. The summed E-state index contributed by atoms with van der Waals surface area (Å²) in [5.41, 5.74) is -0.00887. The molecule has 0 atom stereocenters. The van der Waals surface area contributed by atoms with Crippen LogP contribution in [0.25, 0.3) is 10.4 Å². The molecule has 0 unspecified atom stereocenters. The average Bonchev–Trinajstić information content (AvgIpc) is 3.30. The number of nitrogens with zero attached hydrogens (tertiary/aromatic N) is 2. The minimum Gasteiger partial charge on any atom is -0.347 e. The van der Waals surface area contributed by atoms with Crippen LogP contribution in [0.15, 0.2) is 48.8 Å². The number of alkyl halides is 3. The molecule has 3 rings (SSSR count). The van der Waals surface area contributed by atoms with Crippen molar-refractivity contribution in [1.82, 2.24) is 15.1 Å². The van der Waals surface area contributed by atoms with E-state index in [0.717, 1.165) is 33.5 Å². The van der Waals surface area contributed by atoms with Crippen LogP contribution >= 0.6 is 11.3 Å². The maximum absolute atomic E-state index is 12.7. The highest BCUT2D eigenvalue weighted by Crippen LogP contribution is 2.30. The van der Waals surface area contributed by atoms with Gasteiger partial charge >= 0.3 is 18.0 Å². The molecular formula is C19H17F3N4O2S. The van der Waals surface area contributed by atoms with E-state index in [-0.39, 0.29) is 12.2 Å². The van der Waals surface area contributed by atoms with Gasteiger partial charge in [-0.1, -0.05) is 6.07 Å². The molecule has 0 radical (unpaired) electrons. The molecule has 0 spiro atoms. The van der Waals surface area contributed by atoms with Gasteiger partial charge in [0, 0.05) is 40.8 Å². The van der Waals surface area contributed by atoms with Crippen LogP contribution in [0, 0.1) is 0 Å². The van der Waals surface area contributed by atoms with Crippen molar-refractivity contribution in [2.45, 2.75) is 12.6 Å². The van der Waals surface area contributed by atoms with Crippen molar-refractivity contribution in [1.29, 1.82) is 0 Å².